The van der Waals surface area contributed by atoms with Gasteiger partial charge in [0, 0.05) is 16.0 Å². The second-order valence-corrected chi connectivity index (χ2v) is 4.49. The van der Waals surface area contributed by atoms with Crippen LogP contribution in [0.5, 0.6) is 0 Å². The van der Waals surface area contributed by atoms with E-state index in [0.29, 0.717) is 10.6 Å². The summed E-state index contributed by atoms with van der Waals surface area (Å²) in [6.45, 7) is 1.98. The number of aliphatic hydroxyl groups is 1. The molecule has 2 aromatic rings. The van der Waals surface area contributed by atoms with E-state index >= 15 is 0 Å². The van der Waals surface area contributed by atoms with Gasteiger partial charge in [0.1, 0.15) is 6.11 Å². The highest BCUT2D eigenvalue weighted by atomic mass is 32.1. The Labute approximate surface area is 96.5 Å². The van der Waals surface area contributed by atoms with Crippen LogP contribution in [-0.2, 0) is 0 Å². The number of aryl methyl sites for hydroxylation is 1. The Balaban J connectivity index is 2.72. The molecular formula is C12H9NO2S. The highest BCUT2D eigenvalue weighted by molar-refractivity contribution is 7.23. The minimum atomic E-state index is -0.449. The average Bonchev–Trinajstić information content (AvgIpc) is 2.53. The Morgan fingerprint density at radius 1 is 1.50 bits per heavy atom. The standard InChI is InChI=1S/C12H9NO2S/c1-7-2-3-8-10(6-7)16-12(13)11(8)9(15)4-5-14/h2-3,6,14H,13H2,1H3. The average molecular weight is 231 g/mol. The molecule has 3 nitrogen and oxygen atoms in total. The summed E-state index contributed by atoms with van der Waals surface area (Å²) in [4.78, 5) is 11.6. The Hall–Kier alpha value is -1.99. The van der Waals surface area contributed by atoms with E-state index in [1.165, 1.54) is 11.3 Å². The molecule has 0 aliphatic carbocycles. The molecule has 0 atom stereocenters. The normalized spacial score (nSPS) is 9.81. The van der Waals surface area contributed by atoms with Crippen molar-refractivity contribution in [2.24, 2.45) is 0 Å². The van der Waals surface area contributed by atoms with Crippen LogP contribution in [0, 0.1) is 19.0 Å². The molecule has 1 aromatic carbocycles. The number of ketones is 1. The summed E-state index contributed by atoms with van der Waals surface area (Å²) in [5, 5.41) is 9.65. The van der Waals surface area contributed by atoms with Gasteiger partial charge in [0.05, 0.1) is 10.6 Å². The summed E-state index contributed by atoms with van der Waals surface area (Å²) in [5.74, 6) is 1.64. The number of hydrogen-bond donors (Lipinski definition) is 2. The van der Waals surface area contributed by atoms with Gasteiger partial charge in [-0.05, 0) is 18.6 Å². The van der Waals surface area contributed by atoms with Gasteiger partial charge in [-0.1, -0.05) is 12.1 Å². The second-order valence-electron chi connectivity index (χ2n) is 3.41. The van der Waals surface area contributed by atoms with Crippen LogP contribution in [0.1, 0.15) is 15.9 Å². The van der Waals surface area contributed by atoms with Crippen molar-refractivity contribution in [2.75, 3.05) is 5.73 Å². The zero-order valence-corrected chi connectivity index (χ0v) is 9.39. The molecule has 0 aliphatic rings. The second kappa shape index (κ2) is 3.87. The molecule has 0 unspecified atom stereocenters. The van der Waals surface area contributed by atoms with E-state index in [-0.39, 0.29) is 0 Å². The third-order valence-corrected chi connectivity index (χ3v) is 3.25. The highest BCUT2D eigenvalue weighted by Crippen LogP contribution is 2.34. The lowest BCUT2D eigenvalue weighted by molar-refractivity contribution is 0.105. The van der Waals surface area contributed by atoms with E-state index in [2.05, 4.69) is 5.92 Å². The third kappa shape index (κ3) is 1.62. The van der Waals surface area contributed by atoms with Crippen molar-refractivity contribution in [3.8, 4) is 12.0 Å². The van der Waals surface area contributed by atoms with Gasteiger partial charge in [-0.15, -0.1) is 11.3 Å². The molecule has 0 saturated heterocycles. The number of benzene rings is 1. The van der Waals surface area contributed by atoms with Gasteiger partial charge in [0.2, 0.25) is 5.78 Å². The monoisotopic (exact) mass is 231 g/mol. The van der Waals surface area contributed by atoms with Crippen molar-refractivity contribution in [3.05, 3.63) is 29.3 Å². The summed E-state index contributed by atoms with van der Waals surface area (Å²) >= 11 is 1.35. The first-order valence-electron chi connectivity index (χ1n) is 4.61. The van der Waals surface area contributed by atoms with Gasteiger partial charge in [-0.3, -0.25) is 4.79 Å². The van der Waals surface area contributed by atoms with Crippen LogP contribution in [0.15, 0.2) is 18.2 Å². The van der Waals surface area contributed by atoms with E-state index in [4.69, 9.17) is 10.8 Å². The van der Waals surface area contributed by atoms with Crippen molar-refractivity contribution in [3.63, 3.8) is 0 Å². The lowest BCUT2D eigenvalue weighted by Crippen LogP contribution is -1.97. The number of aliphatic hydroxyl groups excluding tert-OH is 1. The number of Topliss-reactive ketones (excluding diaryl/α,β-unsaturated/α-hetero) is 1. The van der Waals surface area contributed by atoms with Crippen molar-refractivity contribution in [1.29, 1.82) is 0 Å². The van der Waals surface area contributed by atoms with Gasteiger partial charge in [0.25, 0.3) is 0 Å². The minimum Gasteiger partial charge on any atom is -0.462 e. The molecule has 4 heteroatoms. The maximum absolute atomic E-state index is 11.6. The largest absolute Gasteiger partial charge is 0.462 e. The van der Waals surface area contributed by atoms with Crippen LogP contribution in [0.3, 0.4) is 0 Å². The predicted molar refractivity (Wildman–Crippen MR) is 65.0 cm³/mol. The van der Waals surface area contributed by atoms with Crippen molar-refractivity contribution in [1.82, 2.24) is 0 Å². The Morgan fingerprint density at radius 3 is 2.94 bits per heavy atom. The van der Waals surface area contributed by atoms with Crippen molar-refractivity contribution < 1.29 is 9.90 Å². The van der Waals surface area contributed by atoms with Crippen LogP contribution in [0.2, 0.25) is 0 Å². The van der Waals surface area contributed by atoms with Crippen LogP contribution in [0.25, 0.3) is 10.1 Å². The Morgan fingerprint density at radius 2 is 2.25 bits per heavy atom. The topological polar surface area (TPSA) is 63.3 Å². The molecule has 0 bridgehead atoms. The first-order valence-corrected chi connectivity index (χ1v) is 5.43. The first-order chi connectivity index (χ1) is 7.63. The van der Waals surface area contributed by atoms with Crippen LogP contribution in [-0.4, -0.2) is 10.9 Å². The summed E-state index contributed by atoms with van der Waals surface area (Å²) in [6, 6.07) is 5.74. The molecule has 2 rings (SSSR count). The molecule has 1 heterocycles. The molecule has 16 heavy (non-hydrogen) atoms. The number of carbonyl (C=O) groups is 1. The van der Waals surface area contributed by atoms with E-state index in [9.17, 15) is 4.79 Å². The lowest BCUT2D eigenvalue weighted by Gasteiger charge is -1.94. The van der Waals surface area contributed by atoms with Crippen LogP contribution >= 0.6 is 11.3 Å². The van der Waals surface area contributed by atoms with Crippen molar-refractivity contribution in [2.45, 2.75) is 6.92 Å². The van der Waals surface area contributed by atoms with Gasteiger partial charge in [-0.25, -0.2) is 0 Å². The predicted octanol–water partition coefficient (Wildman–Crippen LogP) is 2.31. The maximum Gasteiger partial charge on any atom is 0.242 e. The number of fused-ring (bicyclic) bond motifs is 1. The number of anilines is 1. The summed E-state index contributed by atoms with van der Waals surface area (Å²) in [5.41, 5.74) is 7.29. The molecule has 80 valence electrons. The minimum absolute atomic E-state index is 0.390. The highest BCUT2D eigenvalue weighted by Gasteiger charge is 2.15. The number of rotatable bonds is 1. The molecule has 0 radical (unpaired) electrons. The fraction of sp³-hybridized carbons (Fsp3) is 0.0833. The van der Waals surface area contributed by atoms with Gasteiger partial charge in [-0.2, -0.15) is 0 Å². The zero-order valence-electron chi connectivity index (χ0n) is 8.57. The summed E-state index contributed by atoms with van der Waals surface area (Å²) < 4.78 is 0.959. The first kappa shape index (κ1) is 10.5. The van der Waals surface area contributed by atoms with E-state index in [1.807, 2.05) is 25.1 Å². The molecule has 0 fully saturated rings. The fourth-order valence-electron chi connectivity index (χ4n) is 1.57. The van der Waals surface area contributed by atoms with Crippen LogP contribution < -0.4 is 5.73 Å². The SMILES string of the molecule is Cc1ccc2c(C(=O)C#CO)c(N)sc2c1. The molecular weight excluding hydrogens is 222 g/mol. The molecule has 1 aromatic heterocycles. The number of thiophene rings is 1. The lowest BCUT2D eigenvalue weighted by atomic mass is 10.1. The molecule has 0 amide bonds. The fourth-order valence-corrected chi connectivity index (χ4v) is 2.64. The number of nitrogens with two attached hydrogens (primary N) is 1. The molecule has 0 aliphatic heterocycles. The summed E-state index contributed by atoms with van der Waals surface area (Å²) in [6.07, 6.45) is 1.61. The Kier molecular flexibility index (Phi) is 2.55. The van der Waals surface area contributed by atoms with Gasteiger partial charge < -0.3 is 10.8 Å². The van der Waals surface area contributed by atoms with Crippen LogP contribution in [0.4, 0.5) is 5.00 Å². The molecule has 0 spiro atoms. The number of nitrogen functional groups attached to an aromatic ring is 1. The maximum atomic E-state index is 11.6. The Bertz CT molecular complexity index is 631. The zero-order chi connectivity index (χ0) is 11.7. The van der Waals surface area contributed by atoms with E-state index < -0.39 is 5.78 Å². The summed E-state index contributed by atoms with van der Waals surface area (Å²) in [7, 11) is 0. The van der Waals surface area contributed by atoms with Gasteiger partial charge in [0.15, 0.2) is 0 Å². The van der Waals surface area contributed by atoms with E-state index in [1.54, 1.807) is 6.11 Å². The molecule has 3 N–H and O–H groups in total. The molecule has 0 saturated carbocycles. The third-order valence-electron chi connectivity index (χ3n) is 2.27. The number of hydrogen-bond acceptors (Lipinski definition) is 4. The van der Waals surface area contributed by atoms with E-state index in [0.717, 1.165) is 15.6 Å². The smallest absolute Gasteiger partial charge is 0.242 e. The quantitative estimate of drug-likeness (QED) is 0.584. The van der Waals surface area contributed by atoms with Gasteiger partial charge >= 0.3 is 0 Å². The number of carbonyl (C=O) groups excluding carboxylic acids is 1. The van der Waals surface area contributed by atoms with Crippen molar-refractivity contribution >= 4 is 32.2 Å².